The van der Waals surface area contributed by atoms with Crippen LogP contribution in [0.3, 0.4) is 0 Å². The van der Waals surface area contributed by atoms with Crippen molar-refractivity contribution < 1.29 is 0 Å². The van der Waals surface area contributed by atoms with Crippen LogP contribution in [-0.4, -0.2) is 11.5 Å². The molecule has 0 bridgehead atoms. The first kappa shape index (κ1) is 21.1. The van der Waals surface area contributed by atoms with E-state index in [-0.39, 0.29) is 0 Å². The van der Waals surface area contributed by atoms with Crippen LogP contribution >= 0.6 is 0 Å². The molecule has 1 aromatic heterocycles. The Bertz CT molecular complexity index is 1190. The van der Waals surface area contributed by atoms with E-state index < -0.39 is 0 Å². The highest BCUT2D eigenvalue weighted by atomic mass is 15.1. The largest absolute Gasteiger partial charge is 0.367 e. The standard InChI is InChI=1S/C29H32N2/c1-6-15-31(19-24-11-8-7-9-12-24)27-18-23(5)30-29-25(27)13-10-14-26(29)28-21(3)16-20(2)17-22(28)4/h7-14,16-18H,6,15,19H2,1-5H3. The molecule has 0 saturated heterocycles. The smallest absolute Gasteiger partial charge is 0.0804 e. The number of anilines is 1. The van der Waals surface area contributed by atoms with Gasteiger partial charge in [-0.1, -0.05) is 73.2 Å². The van der Waals surface area contributed by atoms with Gasteiger partial charge >= 0.3 is 0 Å². The lowest BCUT2D eigenvalue weighted by atomic mass is 9.92. The lowest BCUT2D eigenvalue weighted by Gasteiger charge is -2.27. The molecule has 0 unspecified atom stereocenters. The van der Waals surface area contributed by atoms with Crippen LogP contribution in [0, 0.1) is 27.7 Å². The molecule has 0 saturated carbocycles. The molecule has 0 spiro atoms. The van der Waals surface area contributed by atoms with Gasteiger partial charge < -0.3 is 4.90 Å². The minimum Gasteiger partial charge on any atom is -0.367 e. The predicted octanol–water partition coefficient (Wildman–Crippen LogP) is 7.55. The van der Waals surface area contributed by atoms with Crippen LogP contribution < -0.4 is 4.90 Å². The molecule has 4 rings (SSSR count). The number of benzene rings is 3. The number of pyridine rings is 1. The lowest BCUT2D eigenvalue weighted by molar-refractivity contribution is 0.769. The number of para-hydroxylation sites is 1. The van der Waals surface area contributed by atoms with E-state index in [9.17, 15) is 0 Å². The Balaban J connectivity index is 1.91. The maximum absolute atomic E-state index is 5.04. The zero-order valence-electron chi connectivity index (χ0n) is 19.4. The molecule has 2 heteroatoms. The van der Waals surface area contributed by atoms with E-state index in [0.29, 0.717) is 0 Å². The van der Waals surface area contributed by atoms with E-state index in [1.54, 1.807) is 0 Å². The van der Waals surface area contributed by atoms with Crippen LogP contribution in [0.25, 0.3) is 22.0 Å². The van der Waals surface area contributed by atoms with E-state index in [0.717, 1.165) is 30.7 Å². The summed E-state index contributed by atoms with van der Waals surface area (Å²) in [6.07, 6.45) is 1.10. The van der Waals surface area contributed by atoms with Crippen LogP contribution in [0.5, 0.6) is 0 Å². The lowest BCUT2D eigenvalue weighted by Crippen LogP contribution is -2.24. The average Bonchev–Trinajstić information content (AvgIpc) is 2.73. The van der Waals surface area contributed by atoms with Gasteiger partial charge in [-0.05, 0) is 62.4 Å². The highest BCUT2D eigenvalue weighted by molar-refractivity contribution is 6.01. The minimum atomic E-state index is 0.903. The van der Waals surface area contributed by atoms with Crippen molar-refractivity contribution in [3.63, 3.8) is 0 Å². The first-order chi connectivity index (χ1) is 15.0. The number of aromatic nitrogens is 1. The van der Waals surface area contributed by atoms with Gasteiger partial charge in [0.15, 0.2) is 0 Å². The molecular formula is C29H32N2. The molecule has 1 heterocycles. The van der Waals surface area contributed by atoms with Gasteiger partial charge in [0.25, 0.3) is 0 Å². The molecule has 0 amide bonds. The number of hydrogen-bond acceptors (Lipinski definition) is 2. The van der Waals surface area contributed by atoms with E-state index >= 15 is 0 Å². The van der Waals surface area contributed by atoms with Crippen molar-refractivity contribution in [1.29, 1.82) is 0 Å². The maximum Gasteiger partial charge on any atom is 0.0804 e. The molecule has 0 radical (unpaired) electrons. The third kappa shape index (κ3) is 4.34. The zero-order valence-corrected chi connectivity index (χ0v) is 19.4. The third-order valence-electron chi connectivity index (χ3n) is 5.94. The van der Waals surface area contributed by atoms with Crippen molar-refractivity contribution in [3.8, 4) is 11.1 Å². The van der Waals surface area contributed by atoms with Crippen LogP contribution in [0.15, 0.2) is 66.7 Å². The summed E-state index contributed by atoms with van der Waals surface area (Å²) in [5.41, 5.74) is 11.2. The van der Waals surface area contributed by atoms with Gasteiger partial charge in [0.2, 0.25) is 0 Å². The monoisotopic (exact) mass is 408 g/mol. The van der Waals surface area contributed by atoms with Crippen molar-refractivity contribution >= 4 is 16.6 Å². The first-order valence-corrected chi connectivity index (χ1v) is 11.3. The fourth-order valence-electron chi connectivity index (χ4n) is 4.78. The van der Waals surface area contributed by atoms with Crippen molar-refractivity contribution in [3.05, 3.63) is 94.7 Å². The molecule has 0 aliphatic carbocycles. The molecule has 0 fully saturated rings. The summed E-state index contributed by atoms with van der Waals surface area (Å²) in [6.45, 7) is 12.9. The molecule has 0 aliphatic rings. The second-order valence-electron chi connectivity index (χ2n) is 8.67. The van der Waals surface area contributed by atoms with Gasteiger partial charge in [-0.25, -0.2) is 0 Å². The van der Waals surface area contributed by atoms with Gasteiger partial charge in [0.1, 0.15) is 0 Å². The highest BCUT2D eigenvalue weighted by Gasteiger charge is 2.17. The Labute approximate surface area is 186 Å². The third-order valence-corrected chi connectivity index (χ3v) is 5.94. The summed E-state index contributed by atoms with van der Waals surface area (Å²) in [6, 6.07) is 24.2. The molecule has 2 nitrogen and oxygen atoms in total. The summed E-state index contributed by atoms with van der Waals surface area (Å²) in [4.78, 5) is 7.55. The van der Waals surface area contributed by atoms with Gasteiger partial charge in [0.05, 0.1) is 5.52 Å². The second-order valence-corrected chi connectivity index (χ2v) is 8.67. The average molecular weight is 409 g/mol. The summed E-state index contributed by atoms with van der Waals surface area (Å²) in [5.74, 6) is 0. The van der Waals surface area contributed by atoms with Crippen molar-refractivity contribution in [2.24, 2.45) is 0 Å². The molecule has 3 aromatic carbocycles. The predicted molar refractivity (Wildman–Crippen MR) is 134 cm³/mol. The highest BCUT2D eigenvalue weighted by Crippen LogP contribution is 2.37. The summed E-state index contributed by atoms with van der Waals surface area (Å²) in [5, 5.41) is 1.23. The number of fused-ring (bicyclic) bond motifs is 1. The Morgan fingerprint density at radius 3 is 2.19 bits per heavy atom. The van der Waals surface area contributed by atoms with E-state index in [1.165, 1.54) is 44.5 Å². The number of aryl methyl sites for hydroxylation is 4. The normalized spacial score (nSPS) is 11.1. The first-order valence-electron chi connectivity index (χ1n) is 11.3. The van der Waals surface area contributed by atoms with E-state index in [2.05, 4.69) is 106 Å². The Morgan fingerprint density at radius 2 is 1.52 bits per heavy atom. The SMILES string of the molecule is CCCN(Cc1ccccc1)c1cc(C)nc2c(-c3c(C)cc(C)cc3C)cccc12. The van der Waals surface area contributed by atoms with Gasteiger partial charge in [-0.15, -0.1) is 0 Å². The fourth-order valence-corrected chi connectivity index (χ4v) is 4.78. The number of rotatable bonds is 6. The zero-order chi connectivity index (χ0) is 22.0. The van der Waals surface area contributed by atoms with E-state index in [4.69, 9.17) is 4.98 Å². The molecule has 158 valence electrons. The van der Waals surface area contributed by atoms with Crippen molar-refractivity contribution in [1.82, 2.24) is 4.98 Å². The fraction of sp³-hybridized carbons (Fsp3) is 0.276. The Hall–Kier alpha value is -3.13. The van der Waals surface area contributed by atoms with Crippen LogP contribution in [-0.2, 0) is 6.54 Å². The Morgan fingerprint density at radius 1 is 0.806 bits per heavy atom. The van der Waals surface area contributed by atoms with Crippen molar-refractivity contribution in [2.75, 3.05) is 11.4 Å². The van der Waals surface area contributed by atoms with E-state index in [1.807, 2.05) is 0 Å². The summed E-state index contributed by atoms with van der Waals surface area (Å²) >= 11 is 0. The van der Waals surface area contributed by atoms with Gasteiger partial charge in [-0.3, -0.25) is 4.98 Å². The van der Waals surface area contributed by atoms with Crippen LogP contribution in [0.2, 0.25) is 0 Å². The summed E-state index contributed by atoms with van der Waals surface area (Å²) in [7, 11) is 0. The molecule has 0 atom stereocenters. The molecule has 0 aliphatic heterocycles. The van der Waals surface area contributed by atoms with Gasteiger partial charge in [-0.2, -0.15) is 0 Å². The quantitative estimate of drug-likeness (QED) is 0.327. The van der Waals surface area contributed by atoms with Crippen molar-refractivity contribution in [2.45, 2.75) is 47.6 Å². The Kier molecular flexibility index (Phi) is 6.08. The molecule has 31 heavy (non-hydrogen) atoms. The minimum absolute atomic E-state index is 0.903. The number of hydrogen-bond donors (Lipinski definition) is 0. The summed E-state index contributed by atoms with van der Waals surface area (Å²) < 4.78 is 0. The second kappa shape index (κ2) is 8.93. The van der Waals surface area contributed by atoms with Crippen LogP contribution in [0.1, 0.15) is 41.3 Å². The number of nitrogens with zero attached hydrogens (tertiary/aromatic N) is 2. The molecular weight excluding hydrogens is 376 g/mol. The van der Waals surface area contributed by atoms with Crippen LogP contribution in [0.4, 0.5) is 5.69 Å². The molecule has 0 N–H and O–H groups in total. The molecule has 4 aromatic rings. The van der Waals surface area contributed by atoms with Gasteiger partial charge in [0, 0.05) is 35.4 Å². The maximum atomic E-state index is 5.04. The topological polar surface area (TPSA) is 16.1 Å².